The first-order valence-corrected chi connectivity index (χ1v) is 12.2. The molecule has 5 unspecified atom stereocenters. The molecule has 1 heterocycles. The number of benzene rings is 1. The first-order valence-electron chi connectivity index (χ1n) is 12.2. The van der Waals surface area contributed by atoms with Gasteiger partial charge >= 0.3 is 0 Å². The largest absolute Gasteiger partial charge is 0.382 e. The number of rotatable bonds is 11. The van der Waals surface area contributed by atoms with Gasteiger partial charge in [-0.1, -0.05) is 56.4 Å². The van der Waals surface area contributed by atoms with Gasteiger partial charge in [0.25, 0.3) is 0 Å². The van der Waals surface area contributed by atoms with Crippen molar-refractivity contribution in [3.05, 3.63) is 35.4 Å². The summed E-state index contributed by atoms with van der Waals surface area (Å²) < 4.78 is 40.7. The summed E-state index contributed by atoms with van der Waals surface area (Å²) in [6, 6.07) is 8.40. The molecule has 0 radical (unpaired) electrons. The van der Waals surface area contributed by atoms with E-state index in [2.05, 4.69) is 24.3 Å². The molecule has 2 fully saturated rings. The molecule has 1 saturated carbocycles. The van der Waals surface area contributed by atoms with E-state index in [1.54, 1.807) is 28.4 Å². The molecule has 0 spiro atoms. The van der Waals surface area contributed by atoms with Gasteiger partial charge < -0.3 is 33.2 Å². The molecule has 1 saturated heterocycles. The fourth-order valence-corrected chi connectivity index (χ4v) is 4.82. The molecule has 1 aromatic rings. The molecule has 188 valence electrons. The van der Waals surface area contributed by atoms with Crippen molar-refractivity contribution in [2.24, 2.45) is 0 Å². The number of ether oxygens (including phenoxy) is 7. The van der Waals surface area contributed by atoms with Crippen LogP contribution in [0.15, 0.2) is 24.3 Å². The van der Waals surface area contributed by atoms with Gasteiger partial charge in [0.1, 0.15) is 24.4 Å². The van der Waals surface area contributed by atoms with E-state index in [0.717, 1.165) is 5.56 Å². The van der Waals surface area contributed by atoms with Crippen LogP contribution in [0, 0.1) is 0 Å². The van der Waals surface area contributed by atoms with E-state index in [1.807, 2.05) is 0 Å². The lowest BCUT2D eigenvalue weighted by Crippen LogP contribution is -2.61. The van der Waals surface area contributed by atoms with Crippen LogP contribution < -0.4 is 0 Å². The smallest absolute Gasteiger partial charge is 0.187 e. The van der Waals surface area contributed by atoms with Crippen molar-refractivity contribution in [1.29, 1.82) is 0 Å². The molecule has 3 rings (SSSR count). The summed E-state index contributed by atoms with van der Waals surface area (Å²) in [5, 5.41) is 0. The Hall–Kier alpha value is -1.06. The van der Waals surface area contributed by atoms with E-state index >= 15 is 0 Å². The molecule has 1 aliphatic heterocycles. The molecule has 0 aromatic heterocycles. The maximum atomic E-state index is 6.20. The van der Waals surface area contributed by atoms with Crippen LogP contribution in [-0.4, -0.2) is 71.9 Å². The Bertz CT molecular complexity index is 645. The third-order valence-electron chi connectivity index (χ3n) is 6.71. The number of methoxy groups -OCH3 is 4. The minimum atomic E-state index is -0.589. The van der Waals surface area contributed by atoms with Crippen LogP contribution >= 0.6 is 0 Å². The van der Waals surface area contributed by atoms with Gasteiger partial charge in [-0.2, -0.15) is 0 Å². The van der Waals surface area contributed by atoms with Crippen LogP contribution in [0.3, 0.4) is 0 Å². The van der Waals surface area contributed by atoms with Crippen LogP contribution in [0.25, 0.3) is 0 Å². The van der Waals surface area contributed by atoms with E-state index in [1.165, 1.54) is 50.5 Å². The quantitative estimate of drug-likeness (QED) is 0.483. The second-order valence-corrected chi connectivity index (χ2v) is 9.00. The zero-order valence-corrected chi connectivity index (χ0v) is 20.7. The molecule has 33 heavy (non-hydrogen) atoms. The van der Waals surface area contributed by atoms with Gasteiger partial charge in [0.15, 0.2) is 6.29 Å². The Kier molecular flexibility index (Phi) is 11.6. The highest BCUT2D eigenvalue weighted by molar-refractivity contribution is 5.21. The Labute approximate surface area is 199 Å². The molecule has 0 amide bonds. The van der Waals surface area contributed by atoms with E-state index in [9.17, 15) is 0 Å². The standard InChI is InChI=1S/C26H42O7/c1-27-18-22-23(28-2)24(29-3)25(30-4)26(33-22)32-17-20-14-12-19(13-15-20)16-31-21-10-8-6-5-7-9-11-21/h12-15,21-26H,5-11,16-18H2,1-4H3. The summed E-state index contributed by atoms with van der Waals surface area (Å²) >= 11 is 0. The first-order chi connectivity index (χ1) is 16.2. The summed E-state index contributed by atoms with van der Waals surface area (Å²) in [7, 11) is 6.55. The lowest BCUT2D eigenvalue weighted by atomic mass is 9.98. The van der Waals surface area contributed by atoms with Crippen molar-refractivity contribution in [3.63, 3.8) is 0 Å². The van der Waals surface area contributed by atoms with Crippen LogP contribution in [0.2, 0.25) is 0 Å². The molecular formula is C26H42O7. The number of hydrogen-bond donors (Lipinski definition) is 0. The maximum absolute atomic E-state index is 6.20. The van der Waals surface area contributed by atoms with Crippen LogP contribution in [0.5, 0.6) is 0 Å². The topological polar surface area (TPSA) is 64.6 Å². The molecule has 2 aliphatic rings. The van der Waals surface area contributed by atoms with E-state index < -0.39 is 12.4 Å². The molecule has 5 atom stereocenters. The Morgan fingerprint density at radius 2 is 1.24 bits per heavy atom. The third-order valence-corrected chi connectivity index (χ3v) is 6.71. The predicted molar refractivity (Wildman–Crippen MR) is 125 cm³/mol. The average Bonchev–Trinajstić information content (AvgIpc) is 2.82. The number of hydrogen-bond acceptors (Lipinski definition) is 7. The van der Waals surface area contributed by atoms with Gasteiger partial charge in [-0.05, 0) is 24.0 Å². The lowest BCUT2D eigenvalue weighted by molar-refractivity contribution is -0.316. The summed E-state index contributed by atoms with van der Waals surface area (Å²) in [4.78, 5) is 0. The fourth-order valence-electron chi connectivity index (χ4n) is 4.82. The first kappa shape index (κ1) is 26.5. The molecular weight excluding hydrogens is 424 g/mol. The highest BCUT2D eigenvalue weighted by atomic mass is 16.7. The molecule has 1 aliphatic carbocycles. The van der Waals surface area contributed by atoms with Gasteiger partial charge in [0.2, 0.25) is 0 Å². The normalized spacial score (nSPS) is 29.5. The maximum Gasteiger partial charge on any atom is 0.187 e. The molecule has 7 heteroatoms. The highest BCUT2D eigenvalue weighted by Gasteiger charge is 2.47. The monoisotopic (exact) mass is 466 g/mol. The minimum absolute atomic E-state index is 0.308. The van der Waals surface area contributed by atoms with Crippen molar-refractivity contribution in [3.8, 4) is 0 Å². The predicted octanol–water partition coefficient (Wildman–Crippen LogP) is 4.25. The Morgan fingerprint density at radius 1 is 0.697 bits per heavy atom. The SMILES string of the molecule is COCC1OC(OCc2ccc(COC3CCCCCCC3)cc2)C(OC)C(OC)C1OC. The minimum Gasteiger partial charge on any atom is -0.382 e. The van der Waals surface area contributed by atoms with E-state index in [0.29, 0.717) is 25.9 Å². The van der Waals surface area contributed by atoms with Gasteiger partial charge in [-0.15, -0.1) is 0 Å². The van der Waals surface area contributed by atoms with Crippen molar-refractivity contribution in [2.45, 2.75) is 95.0 Å². The third kappa shape index (κ3) is 7.72. The zero-order valence-electron chi connectivity index (χ0n) is 20.7. The molecule has 1 aromatic carbocycles. The van der Waals surface area contributed by atoms with Gasteiger partial charge in [0.05, 0.1) is 25.9 Å². The van der Waals surface area contributed by atoms with Crippen LogP contribution in [0.1, 0.15) is 56.1 Å². The fraction of sp³-hybridized carbons (Fsp3) is 0.769. The van der Waals surface area contributed by atoms with Gasteiger partial charge in [-0.3, -0.25) is 0 Å². The zero-order chi connectivity index (χ0) is 23.5. The molecule has 0 bridgehead atoms. The van der Waals surface area contributed by atoms with Crippen molar-refractivity contribution < 1.29 is 33.2 Å². The lowest BCUT2D eigenvalue weighted by Gasteiger charge is -2.44. The average molecular weight is 467 g/mol. The summed E-state index contributed by atoms with van der Waals surface area (Å²) in [6.07, 6.45) is 7.44. The summed E-state index contributed by atoms with van der Waals surface area (Å²) in [5.74, 6) is 0. The Morgan fingerprint density at radius 3 is 1.79 bits per heavy atom. The van der Waals surface area contributed by atoms with Gasteiger partial charge in [0, 0.05) is 28.4 Å². The van der Waals surface area contributed by atoms with Crippen LogP contribution in [0.4, 0.5) is 0 Å². The van der Waals surface area contributed by atoms with Crippen molar-refractivity contribution >= 4 is 0 Å². The second kappa shape index (κ2) is 14.4. The summed E-state index contributed by atoms with van der Waals surface area (Å²) in [6.45, 7) is 1.45. The Balaban J connectivity index is 1.52. The van der Waals surface area contributed by atoms with Crippen LogP contribution in [-0.2, 0) is 46.4 Å². The van der Waals surface area contributed by atoms with Gasteiger partial charge in [-0.25, -0.2) is 0 Å². The molecule has 7 nitrogen and oxygen atoms in total. The van der Waals surface area contributed by atoms with E-state index in [4.69, 9.17) is 33.2 Å². The van der Waals surface area contributed by atoms with E-state index in [-0.39, 0.29) is 18.3 Å². The molecule has 0 N–H and O–H groups in total. The van der Waals surface area contributed by atoms with Crippen molar-refractivity contribution in [2.75, 3.05) is 35.0 Å². The summed E-state index contributed by atoms with van der Waals surface area (Å²) in [5.41, 5.74) is 2.25. The highest BCUT2D eigenvalue weighted by Crippen LogP contribution is 2.29. The second-order valence-electron chi connectivity index (χ2n) is 9.00. The van der Waals surface area contributed by atoms with Crippen molar-refractivity contribution in [1.82, 2.24) is 0 Å².